The number of nitrogens with one attached hydrogen (secondary N) is 1. The molecule has 1 rings (SSSR count). The van der Waals surface area contributed by atoms with E-state index in [4.69, 9.17) is 0 Å². The lowest BCUT2D eigenvalue weighted by molar-refractivity contribution is -0.00594. The molecule has 1 aliphatic carbocycles. The molecule has 0 radical (unpaired) electrons. The third-order valence-electron chi connectivity index (χ3n) is 3.98. The van der Waals surface area contributed by atoms with Crippen molar-refractivity contribution in [2.45, 2.75) is 69.8 Å². The van der Waals surface area contributed by atoms with Crippen molar-refractivity contribution in [3.8, 4) is 0 Å². The quantitative estimate of drug-likeness (QED) is 0.772. The number of hydrogen-bond donors (Lipinski definition) is 2. The van der Waals surface area contributed by atoms with Crippen LogP contribution in [0.5, 0.6) is 0 Å². The van der Waals surface area contributed by atoms with E-state index in [1.807, 2.05) is 0 Å². The maximum absolute atomic E-state index is 11.8. The van der Waals surface area contributed by atoms with Crippen molar-refractivity contribution in [1.82, 2.24) is 5.32 Å². The van der Waals surface area contributed by atoms with Gasteiger partial charge >= 0.3 is 0 Å². The van der Waals surface area contributed by atoms with Gasteiger partial charge in [-0.15, -0.1) is 0 Å². The van der Waals surface area contributed by atoms with Crippen molar-refractivity contribution in [3.63, 3.8) is 0 Å². The van der Waals surface area contributed by atoms with E-state index in [1.165, 1.54) is 0 Å². The lowest BCUT2D eigenvalue weighted by Crippen LogP contribution is -2.42. The molecule has 0 aromatic rings. The topological polar surface area (TPSA) is 66.4 Å². The average molecular weight is 277 g/mol. The lowest BCUT2D eigenvalue weighted by atomic mass is 9.80. The molecule has 0 bridgehead atoms. The highest BCUT2D eigenvalue weighted by atomic mass is 32.2. The minimum atomic E-state index is -3.04. The molecule has 1 saturated carbocycles. The first kappa shape index (κ1) is 15.9. The second-order valence-electron chi connectivity index (χ2n) is 5.72. The first-order valence-electron chi connectivity index (χ1n) is 6.96. The summed E-state index contributed by atoms with van der Waals surface area (Å²) in [6.45, 7) is 6.42. The monoisotopic (exact) mass is 277 g/mol. The molecule has 0 heterocycles. The van der Waals surface area contributed by atoms with Crippen LogP contribution in [-0.2, 0) is 9.84 Å². The van der Waals surface area contributed by atoms with E-state index in [9.17, 15) is 13.5 Å². The van der Waals surface area contributed by atoms with E-state index >= 15 is 0 Å². The van der Waals surface area contributed by atoms with Gasteiger partial charge in [-0.3, -0.25) is 0 Å². The Hall–Kier alpha value is -0.130. The highest BCUT2D eigenvalue weighted by Crippen LogP contribution is 2.31. The maximum Gasteiger partial charge on any atom is 0.152 e. The molecule has 0 aromatic heterocycles. The molecule has 0 saturated heterocycles. The number of hydrogen-bond acceptors (Lipinski definition) is 4. The molecule has 1 fully saturated rings. The third kappa shape index (κ3) is 4.52. The zero-order valence-corrected chi connectivity index (χ0v) is 12.6. The predicted molar refractivity (Wildman–Crippen MR) is 74.4 cm³/mol. The molecular weight excluding hydrogens is 250 g/mol. The van der Waals surface area contributed by atoms with E-state index in [-0.39, 0.29) is 11.0 Å². The fourth-order valence-corrected chi connectivity index (χ4v) is 3.60. The predicted octanol–water partition coefficient (Wildman–Crippen LogP) is 1.48. The van der Waals surface area contributed by atoms with Crippen LogP contribution >= 0.6 is 0 Å². The standard InChI is InChI=1S/C13H27NO3S/c1-4-14-12-5-7-13(15,8-6-12)9-10-18(16,17)11(2)3/h11-12,14-15H,4-10H2,1-3H3. The second kappa shape index (κ2) is 6.35. The van der Waals surface area contributed by atoms with Gasteiger partial charge < -0.3 is 10.4 Å². The van der Waals surface area contributed by atoms with Gasteiger partial charge in [0.05, 0.1) is 16.6 Å². The van der Waals surface area contributed by atoms with E-state index < -0.39 is 15.4 Å². The van der Waals surface area contributed by atoms with Crippen LogP contribution in [0.4, 0.5) is 0 Å². The Bertz CT molecular complexity index is 343. The van der Waals surface area contributed by atoms with Crippen molar-refractivity contribution in [2.24, 2.45) is 0 Å². The number of rotatable bonds is 6. The Balaban J connectivity index is 2.44. The van der Waals surface area contributed by atoms with Gasteiger partial charge in [-0.2, -0.15) is 0 Å². The Morgan fingerprint density at radius 2 is 1.89 bits per heavy atom. The summed E-state index contributed by atoms with van der Waals surface area (Å²) >= 11 is 0. The molecule has 0 atom stereocenters. The average Bonchev–Trinajstić information content (AvgIpc) is 2.30. The van der Waals surface area contributed by atoms with Gasteiger partial charge in [-0.25, -0.2) is 8.42 Å². The van der Waals surface area contributed by atoms with Crippen LogP contribution in [0.1, 0.15) is 52.9 Å². The summed E-state index contributed by atoms with van der Waals surface area (Å²) in [6.07, 6.45) is 3.67. The van der Waals surface area contributed by atoms with E-state index in [2.05, 4.69) is 12.2 Å². The molecule has 5 heteroatoms. The highest BCUT2D eigenvalue weighted by molar-refractivity contribution is 7.91. The molecule has 0 amide bonds. The molecule has 1 aliphatic rings. The van der Waals surface area contributed by atoms with Crippen molar-refractivity contribution in [1.29, 1.82) is 0 Å². The minimum Gasteiger partial charge on any atom is -0.390 e. The van der Waals surface area contributed by atoms with Crippen LogP contribution in [0, 0.1) is 0 Å². The fraction of sp³-hybridized carbons (Fsp3) is 1.00. The molecule has 0 spiro atoms. The van der Waals surface area contributed by atoms with Crippen molar-refractivity contribution >= 4 is 9.84 Å². The van der Waals surface area contributed by atoms with Gasteiger partial charge in [0.1, 0.15) is 0 Å². The normalized spacial score (nSPS) is 29.7. The first-order chi connectivity index (χ1) is 8.29. The van der Waals surface area contributed by atoms with E-state index in [0.717, 1.165) is 19.4 Å². The van der Waals surface area contributed by atoms with Gasteiger partial charge in [0.15, 0.2) is 9.84 Å². The Morgan fingerprint density at radius 3 is 2.33 bits per heavy atom. The van der Waals surface area contributed by atoms with Crippen LogP contribution in [0.15, 0.2) is 0 Å². The molecule has 18 heavy (non-hydrogen) atoms. The van der Waals surface area contributed by atoms with Gasteiger partial charge in [0.2, 0.25) is 0 Å². The van der Waals surface area contributed by atoms with Gasteiger partial charge in [0, 0.05) is 6.04 Å². The SMILES string of the molecule is CCNC1CCC(O)(CCS(=O)(=O)C(C)C)CC1. The molecule has 0 unspecified atom stereocenters. The van der Waals surface area contributed by atoms with Crippen LogP contribution < -0.4 is 5.32 Å². The lowest BCUT2D eigenvalue weighted by Gasteiger charge is -2.36. The molecular formula is C13H27NO3S. The maximum atomic E-state index is 11.8. The summed E-state index contributed by atoms with van der Waals surface area (Å²) in [4.78, 5) is 0. The van der Waals surface area contributed by atoms with Crippen LogP contribution in [-0.4, -0.2) is 42.7 Å². The zero-order valence-electron chi connectivity index (χ0n) is 11.8. The Kier molecular flexibility index (Phi) is 5.62. The van der Waals surface area contributed by atoms with Crippen molar-refractivity contribution < 1.29 is 13.5 Å². The molecule has 0 aliphatic heterocycles. The minimum absolute atomic E-state index is 0.104. The summed E-state index contributed by atoms with van der Waals surface area (Å²) in [5, 5.41) is 13.4. The summed E-state index contributed by atoms with van der Waals surface area (Å²) in [6, 6.07) is 0.483. The number of sulfone groups is 1. The first-order valence-corrected chi connectivity index (χ1v) is 8.68. The Labute approximate surface area is 111 Å². The molecule has 108 valence electrons. The Morgan fingerprint density at radius 1 is 1.33 bits per heavy atom. The second-order valence-corrected chi connectivity index (χ2v) is 8.40. The van der Waals surface area contributed by atoms with Crippen LogP contribution in [0.2, 0.25) is 0 Å². The fourth-order valence-electron chi connectivity index (χ4n) is 2.47. The third-order valence-corrected chi connectivity index (χ3v) is 6.19. The van der Waals surface area contributed by atoms with Crippen molar-refractivity contribution in [2.75, 3.05) is 12.3 Å². The summed E-state index contributed by atoms with van der Waals surface area (Å²) < 4.78 is 23.5. The van der Waals surface area contributed by atoms with Crippen LogP contribution in [0.25, 0.3) is 0 Å². The van der Waals surface area contributed by atoms with Gasteiger partial charge in [-0.05, 0) is 52.5 Å². The zero-order chi connectivity index (χ0) is 13.8. The summed E-state index contributed by atoms with van der Waals surface area (Å²) in [5.41, 5.74) is -0.770. The van der Waals surface area contributed by atoms with Gasteiger partial charge in [-0.1, -0.05) is 6.92 Å². The highest BCUT2D eigenvalue weighted by Gasteiger charge is 2.34. The summed E-state index contributed by atoms with van der Waals surface area (Å²) in [7, 11) is -3.04. The summed E-state index contributed by atoms with van der Waals surface area (Å²) in [5.74, 6) is 0.104. The number of aliphatic hydroxyl groups is 1. The molecule has 4 nitrogen and oxygen atoms in total. The van der Waals surface area contributed by atoms with Crippen LogP contribution in [0.3, 0.4) is 0 Å². The van der Waals surface area contributed by atoms with E-state index in [1.54, 1.807) is 13.8 Å². The molecule has 2 N–H and O–H groups in total. The smallest absolute Gasteiger partial charge is 0.152 e. The molecule has 0 aromatic carbocycles. The van der Waals surface area contributed by atoms with Gasteiger partial charge in [0.25, 0.3) is 0 Å². The largest absolute Gasteiger partial charge is 0.390 e. The van der Waals surface area contributed by atoms with E-state index in [0.29, 0.717) is 25.3 Å². The van der Waals surface area contributed by atoms with Crippen molar-refractivity contribution in [3.05, 3.63) is 0 Å².